The van der Waals surface area contributed by atoms with Gasteiger partial charge in [-0.05, 0) is 12.8 Å². The van der Waals surface area contributed by atoms with Crippen LogP contribution in [0, 0.1) is 5.41 Å². The maximum atomic E-state index is 12.3. The van der Waals surface area contributed by atoms with Crippen LogP contribution in [0.3, 0.4) is 0 Å². The maximum absolute atomic E-state index is 12.3. The molecule has 0 radical (unpaired) electrons. The zero-order valence-electron chi connectivity index (χ0n) is 11.6. The summed E-state index contributed by atoms with van der Waals surface area (Å²) in [6.07, 6.45) is 2.61. The first-order valence-electron chi connectivity index (χ1n) is 6.74. The van der Waals surface area contributed by atoms with Gasteiger partial charge in [-0.15, -0.1) is 0 Å². The Hall–Kier alpha value is -2.38. The summed E-state index contributed by atoms with van der Waals surface area (Å²) in [6, 6.07) is 0. The summed E-state index contributed by atoms with van der Waals surface area (Å²) in [5, 5.41) is 9.40. The molecular weight excluding hydrogens is 278 g/mol. The molecule has 3 N–H and O–H groups in total. The number of rotatable bonds is 4. The number of H-pyrrole nitrogens is 2. The molecule has 0 bridgehead atoms. The van der Waals surface area contributed by atoms with Gasteiger partial charge in [0.2, 0.25) is 0 Å². The van der Waals surface area contributed by atoms with Crippen molar-refractivity contribution in [2.45, 2.75) is 26.2 Å². The monoisotopic (exact) mass is 295 g/mol. The Labute approximate surface area is 119 Å². The van der Waals surface area contributed by atoms with Crippen LogP contribution < -0.4 is 11.2 Å². The minimum absolute atomic E-state index is 0.0770. The van der Waals surface area contributed by atoms with Gasteiger partial charge in [-0.2, -0.15) is 0 Å². The first kappa shape index (κ1) is 15.0. The van der Waals surface area contributed by atoms with E-state index in [-0.39, 0.29) is 18.7 Å². The van der Waals surface area contributed by atoms with Crippen molar-refractivity contribution >= 4 is 11.9 Å². The number of hydrogen-bond acceptors (Lipinski definition) is 4. The fraction of sp³-hybridized carbons (Fsp3) is 0.538. The van der Waals surface area contributed by atoms with E-state index in [0.717, 1.165) is 6.20 Å². The standard InChI is InChI=1S/C13H17N3O5/c1-2-3-13(11(19)20)4-5-16(7-13)10(18)8-6-14-12(21)15-9(8)17/h6H,2-5,7H2,1H3,(H,19,20)(H2,14,15,17,21). The Balaban J connectivity index is 2.24. The van der Waals surface area contributed by atoms with Crippen molar-refractivity contribution in [3.8, 4) is 0 Å². The zero-order valence-corrected chi connectivity index (χ0v) is 11.6. The lowest BCUT2D eigenvalue weighted by atomic mass is 9.83. The summed E-state index contributed by atoms with van der Waals surface area (Å²) < 4.78 is 0. The Morgan fingerprint density at radius 1 is 1.43 bits per heavy atom. The molecule has 0 aromatic carbocycles. The summed E-state index contributed by atoms with van der Waals surface area (Å²) in [4.78, 5) is 51.9. The molecule has 8 heteroatoms. The van der Waals surface area contributed by atoms with Crippen LogP contribution in [0.1, 0.15) is 36.5 Å². The smallest absolute Gasteiger partial charge is 0.325 e. The molecule has 1 unspecified atom stereocenters. The van der Waals surface area contributed by atoms with Gasteiger partial charge < -0.3 is 15.0 Å². The number of carboxylic acid groups (broad SMARTS) is 1. The lowest BCUT2D eigenvalue weighted by molar-refractivity contribution is -0.148. The summed E-state index contributed by atoms with van der Waals surface area (Å²) in [6.45, 7) is 2.25. The fourth-order valence-electron chi connectivity index (χ4n) is 2.75. The van der Waals surface area contributed by atoms with E-state index in [1.165, 1.54) is 4.90 Å². The average molecular weight is 295 g/mol. The number of aromatic nitrogens is 2. The predicted molar refractivity (Wildman–Crippen MR) is 73.2 cm³/mol. The number of aliphatic carboxylic acids is 1. The first-order valence-corrected chi connectivity index (χ1v) is 6.74. The molecule has 0 saturated carbocycles. The number of nitrogens with zero attached hydrogens (tertiary/aromatic N) is 1. The Bertz CT molecular complexity index is 677. The quantitative estimate of drug-likeness (QED) is 0.708. The number of hydrogen-bond donors (Lipinski definition) is 3. The van der Waals surface area contributed by atoms with E-state index in [4.69, 9.17) is 0 Å². The molecule has 1 aliphatic rings. The number of carbonyl (C=O) groups excluding carboxylic acids is 1. The van der Waals surface area contributed by atoms with Gasteiger partial charge in [0.15, 0.2) is 0 Å². The molecule has 0 spiro atoms. The minimum atomic E-state index is -0.945. The number of nitrogens with one attached hydrogen (secondary N) is 2. The molecule has 1 aromatic heterocycles. The Morgan fingerprint density at radius 3 is 2.71 bits per heavy atom. The van der Waals surface area contributed by atoms with E-state index in [1.807, 2.05) is 11.9 Å². The van der Waals surface area contributed by atoms with Gasteiger partial charge in [0.05, 0.1) is 5.41 Å². The molecule has 1 amide bonds. The van der Waals surface area contributed by atoms with Crippen LogP contribution in [0.15, 0.2) is 15.8 Å². The van der Waals surface area contributed by atoms with Gasteiger partial charge in [0.25, 0.3) is 11.5 Å². The summed E-state index contributed by atoms with van der Waals surface area (Å²) in [7, 11) is 0. The topological polar surface area (TPSA) is 123 Å². The van der Waals surface area contributed by atoms with Crippen LogP contribution in [-0.4, -0.2) is 44.9 Å². The number of carboxylic acids is 1. The average Bonchev–Trinajstić information content (AvgIpc) is 2.84. The van der Waals surface area contributed by atoms with Crippen LogP contribution in [-0.2, 0) is 4.79 Å². The maximum Gasteiger partial charge on any atom is 0.325 e. The van der Waals surface area contributed by atoms with E-state index in [1.54, 1.807) is 0 Å². The number of carbonyl (C=O) groups is 2. The van der Waals surface area contributed by atoms with Crippen LogP contribution in [0.2, 0.25) is 0 Å². The van der Waals surface area contributed by atoms with Gasteiger partial charge in [-0.25, -0.2) is 4.79 Å². The highest BCUT2D eigenvalue weighted by Gasteiger charge is 2.45. The molecule has 1 saturated heterocycles. The van der Waals surface area contributed by atoms with Crippen molar-refractivity contribution < 1.29 is 14.7 Å². The van der Waals surface area contributed by atoms with Crippen molar-refractivity contribution in [1.29, 1.82) is 0 Å². The predicted octanol–water partition coefficient (Wildman–Crippen LogP) is -0.220. The van der Waals surface area contributed by atoms with Gasteiger partial charge in [0.1, 0.15) is 5.56 Å². The van der Waals surface area contributed by atoms with Crippen molar-refractivity contribution in [2.24, 2.45) is 5.41 Å². The van der Waals surface area contributed by atoms with E-state index in [9.17, 15) is 24.3 Å². The highest BCUT2D eigenvalue weighted by molar-refractivity contribution is 5.94. The first-order chi connectivity index (χ1) is 9.89. The van der Waals surface area contributed by atoms with E-state index < -0.39 is 28.5 Å². The van der Waals surface area contributed by atoms with Gasteiger partial charge >= 0.3 is 11.7 Å². The van der Waals surface area contributed by atoms with Gasteiger partial charge in [-0.3, -0.25) is 19.4 Å². The molecule has 1 fully saturated rings. The summed E-state index contributed by atoms with van der Waals surface area (Å²) in [5.74, 6) is -1.48. The third-order valence-electron chi connectivity index (χ3n) is 3.87. The van der Waals surface area contributed by atoms with Crippen LogP contribution in [0.4, 0.5) is 0 Å². The highest BCUT2D eigenvalue weighted by Crippen LogP contribution is 2.35. The summed E-state index contributed by atoms with van der Waals surface area (Å²) in [5.41, 5.74) is -2.59. The van der Waals surface area contributed by atoms with Crippen LogP contribution in [0.25, 0.3) is 0 Å². The minimum Gasteiger partial charge on any atom is -0.481 e. The van der Waals surface area contributed by atoms with E-state index >= 15 is 0 Å². The third kappa shape index (κ3) is 2.74. The lowest BCUT2D eigenvalue weighted by Gasteiger charge is -2.24. The van der Waals surface area contributed by atoms with E-state index in [0.29, 0.717) is 19.3 Å². The summed E-state index contributed by atoms with van der Waals surface area (Å²) >= 11 is 0. The Kier molecular flexibility index (Phi) is 3.97. The van der Waals surface area contributed by atoms with Gasteiger partial charge in [0, 0.05) is 19.3 Å². The second-order valence-corrected chi connectivity index (χ2v) is 5.30. The molecule has 2 heterocycles. The second kappa shape index (κ2) is 5.55. The van der Waals surface area contributed by atoms with Crippen molar-refractivity contribution in [2.75, 3.05) is 13.1 Å². The Morgan fingerprint density at radius 2 is 2.14 bits per heavy atom. The highest BCUT2D eigenvalue weighted by atomic mass is 16.4. The molecule has 8 nitrogen and oxygen atoms in total. The molecule has 1 aromatic rings. The molecule has 0 aliphatic carbocycles. The van der Waals surface area contributed by atoms with Crippen molar-refractivity contribution in [1.82, 2.24) is 14.9 Å². The molecule has 114 valence electrons. The third-order valence-corrected chi connectivity index (χ3v) is 3.87. The molecule has 1 aliphatic heterocycles. The van der Waals surface area contributed by atoms with Crippen LogP contribution >= 0.6 is 0 Å². The number of amides is 1. The molecule has 2 rings (SSSR count). The molecule has 21 heavy (non-hydrogen) atoms. The lowest BCUT2D eigenvalue weighted by Crippen LogP contribution is -2.39. The van der Waals surface area contributed by atoms with Crippen LogP contribution in [0.5, 0.6) is 0 Å². The number of likely N-dealkylation sites (tertiary alicyclic amines) is 1. The second-order valence-electron chi connectivity index (χ2n) is 5.30. The largest absolute Gasteiger partial charge is 0.481 e. The molecule has 1 atom stereocenters. The van der Waals surface area contributed by atoms with E-state index in [2.05, 4.69) is 4.98 Å². The number of aromatic amines is 2. The molecular formula is C13H17N3O5. The van der Waals surface area contributed by atoms with Crippen molar-refractivity contribution in [3.05, 3.63) is 32.6 Å². The fourth-order valence-corrected chi connectivity index (χ4v) is 2.75. The van der Waals surface area contributed by atoms with Crippen molar-refractivity contribution in [3.63, 3.8) is 0 Å². The SMILES string of the molecule is CCCC1(C(=O)O)CCN(C(=O)c2c[nH]c(=O)[nH]c2=O)C1. The van der Waals surface area contributed by atoms with Gasteiger partial charge in [-0.1, -0.05) is 13.3 Å². The normalized spacial score (nSPS) is 21.5. The zero-order chi connectivity index (χ0) is 15.6.